The molecule has 1 amide bonds. The number of para-hydroxylation sites is 2. The summed E-state index contributed by atoms with van der Waals surface area (Å²) in [7, 11) is 1.61. The van der Waals surface area contributed by atoms with Crippen molar-refractivity contribution in [3.05, 3.63) is 66.0 Å². The van der Waals surface area contributed by atoms with Crippen LogP contribution in [0, 0.1) is 6.92 Å². The number of carbonyl (C=O) groups excluding carboxylic acids is 1. The second kappa shape index (κ2) is 9.65. The Bertz CT molecular complexity index is 1230. The van der Waals surface area contributed by atoms with Crippen LogP contribution in [-0.2, 0) is 11.3 Å². The molecule has 32 heavy (non-hydrogen) atoms. The standard InChI is InChI=1S/C24H27N5O3/c1-4-32-15-7-13-28-20-9-6-5-8-18(20)25-24(28)26-23(30)19-12-14-29(27-19)21-16-17(2)10-11-22(21)31-3/h5-6,8-12,14,16H,4,7,13,15H2,1-3H3,(H,25,26,30). The maximum atomic E-state index is 13.0. The lowest BCUT2D eigenvalue weighted by atomic mass is 10.2. The summed E-state index contributed by atoms with van der Waals surface area (Å²) in [6, 6.07) is 15.3. The van der Waals surface area contributed by atoms with E-state index in [1.807, 2.05) is 60.9 Å². The van der Waals surface area contributed by atoms with Crippen molar-refractivity contribution < 1.29 is 14.3 Å². The Hall–Kier alpha value is -3.65. The van der Waals surface area contributed by atoms with Crippen molar-refractivity contribution in [2.24, 2.45) is 0 Å². The van der Waals surface area contributed by atoms with Gasteiger partial charge in [-0.25, -0.2) is 9.67 Å². The molecule has 0 saturated carbocycles. The number of imidazole rings is 1. The van der Waals surface area contributed by atoms with Gasteiger partial charge in [-0.3, -0.25) is 10.1 Å². The van der Waals surface area contributed by atoms with Gasteiger partial charge in [0, 0.05) is 26.0 Å². The number of benzene rings is 2. The summed E-state index contributed by atoms with van der Waals surface area (Å²) in [5, 5.41) is 7.39. The van der Waals surface area contributed by atoms with Crippen molar-refractivity contribution >= 4 is 22.9 Å². The average molecular weight is 434 g/mol. The summed E-state index contributed by atoms with van der Waals surface area (Å²) in [5.41, 5.74) is 3.93. The molecule has 0 radical (unpaired) electrons. The number of hydrogen-bond acceptors (Lipinski definition) is 5. The van der Waals surface area contributed by atoms with Crippen LogP contribution >= 0.6 is 0 Å². The lowest BCUT2D eigenvalue weighted by Gasteiger charge is -2.10. The van der Waals surface area contributed by atoms with Crippen molar-refractivity contribution in [1.29, 1.82) is 0 Å². The molecule has 0 atom stereocenters. The van der Waals surface area contributed by atoms with Crippen molar-refractivity contribution in [2.45, 2.75) is 26.8 Å². The molecule has 0 aliphatic heterocycles. The third-order valence-electron chi connectivity index (χ3n) is 5.16. The lowest BCUT2D eigenvalue weighted by Crippen LogP contribution is -2.17. The van der Waals surface area contributed by atoms with Gasteiger partial charge in [-0.1, -0.05) is 18.2 Å². The number of aromatic nitrogens is 4. The van der Waals surface area contributed by atoms with Gasteiger partial charge < -0.3 is 14.0 Å². The Morgan fingerprint density at radius 3 is 2.81 bits per heavy atom. The third kappa shape index (κ3) is 4.50. The quantitative estimate of drug-likeness (QED) is 0.400. The first kappa shape index (κ1) is 21.6. The van der Waals surface area contributed by atoms with E-state index in [-0.39, 0.29) is 5.91 Å². The molecule has 1 N–H and O–H groups in total. The largest absolute Gasteiger partial charge is 0.494 e. The van der Waals surface area contributed by atoms with Crippen molar-refractivity contribution in [2.75, 3.05) is 25.6 Å². The summed E-state index contributed by atoms with van der Waals surface area (Å²) >= 11 is 0. The molecule has 0 aliphatic carbocycles. The topological polar surface area (TPSA) is 83.2 Å². The number of methoxy groups -OCH3 is 1. The van der Waals surface area contributed by atoms with Crippen LogP contribution in [-0.4, -0.2) is 45.6 Å². The molecular weight excluding hydrogens is 406 g/mol. The number of hydrogen-bond donors (Lipinski definition) is 1. The first-order chi connectivity index (χ1) is 15.6. The number of ether oxygens (including phenoxy) is 2. The van der Waals surface area contributed by atoms with E-state index in [0.29, 0.717) is 37.2 Å². The lowest BCUT2D eigenvalue weighted by molar-refractivity contribution is 0.102. The molecule has 2 aromatic carbocycles. The predicted octanol–water partition coefficient (Wildman–Crippen LogP) is 4.22. The number of fused-ring (bicyclic) bond motifs is 1. The molecule has 2 aromatic heterocycles. The molecule has 2 heterocycles. The van der Waals surface area contributed by atoms with E-state index in [0.717, 1.165) is 28.7 Å². The van der Waals surface area contributed by atoms with Gasteiger partial charge in [0.2, 0.25) is 5.95 Å². The van der Waals surface area contributed by atoms with Crippen molar-refractivity contribution in [3.8, 4) is 11.4 Å². The number of aryl methyl sites for hydroxylation is 2. The average Bonchev–Trinajstić information content (AvgIpc) is 3.42. The summed E-state index contributed by atoms with van der Waals surface area (Å²) in [4.78, 5) is 17.6. The van der Waals surface area contributed by atoms with Crippen LogP contribution < -0.4 is 10.1 Å². The molecule has 0 aliphatic rings. The number of rotatable bonds is 9. The summed E-state index contributed by atoms with van der Waals surface area (Å²) in [6.45, 7) is 5.99. The van der Waals surface area contributed by atoms with Crippen LogP contribution in [0.5, 0.6) is 5.75 Å². The van der Waals surface area contributed by atoms with Gasteiger partial charge in [-0.2, -0.15) is 5.10 Å². The smallest absolute Gasteiger partial charge is 0.278 e. The zero-order chi connectivity index (χ0) is 22.5. The minimum atomic E-state index is -0.322. The van der Waals surface area contributed by atoms with Gasteiger partial charge >= 0.3 is 0 Å². The van der Waals surface area contributed by atoms with E-state index in [1.54, 1.807) is 24.1 Å². The van der Waals surface area contributed by atoms with Crippen LogP contribution in [0.1, 0.15) is 29.4 Å². The fourth-order valence-electron chi connectivity index (χ4n) is 3.59. The second-order valence-corrected chi connectivity index (χ2v) is 7.40. The number of nitrogens with one attached hydrogen (secondary N) is 1. The number of amides is 1. The van der Waals surface area contributed by atoms with E-state index in [9.17, 15) is 4.79 Å². The molecule has 0 bridgehead atoms. The van der Waals surface area contributed by atoms with Crippen molar-refractivity contribution in [3.63, 3.8) is 0 Å². The summed E-state index contributed by atoms with van der Waals surface area (Å²) in [5.74, 6) is 0.855. The monoisotopic (exact) mass is 433 g/mol. The molecule has 0 unspecified atom stereocenters. The molecular formula is C24H27N5O3. The zero-order valence-corrected chi connectivity index (χ0v) is 18.5. The highest BCUT2D eigenvalue weighted by Gasteiger charge is 2.17. The van der Waals surface area contributed by atoms with E-state index < -0.39 is 0 Å². The second-order valence-electron chi connectivity index (χ2n) is 7.40. The minimum absolute atomic E-state index is 0.293. The Balaban J connectivity index is 1.58. The SMILES string of the molecule is CCOCCCn1c(NC(=O)c2ccn(-c3cc(C)ccc3OC)n2)nc2ccccc21. The highest BCUT2D eigenvalue weighted by molar-refractivity contribution is 6.02. The maximum absolute atomic E-state index is 13.0. The Morgan fingerprint density at radius 2 is 2.00 bits per heavy atom. The normalized spacial score (nSPS) is 11.1. The summed E-state index contributed by atoms with van der Waals surface area (Å²) in [6.07, 6.45) is 2.57. The van der Waals surface area contributed by atoms with Gasteiger partial charge in [-0.15, -0.1) is 0 Å². The van der Waals surface area contributed by atoms with Crippen LogP contribution in [0.15, 0.2) is 54.7 Å². The maximum Gasteiger partial charge on any atom is 0.278 e. The number of carbonyl (C=O) groups is 1. The van der Waals surface area contributed by atoms with Gasteiger partial charge in [0.1, 0.15) is 11.4 Å². The van der Waals surface area contributed by atoms with Gasteiger partial charge in [0.25, 0.3) is 5.91 Å². The highest BCUT2D eigenvalue weighted by Crippen LogP contribution is 2.24. The van der Waals surface area contributed by atoms with Crippen LogP contribution in [0.4, 0.5) is 5.95 Å². The molecule has 0 spiro atoms. The zero-order valence-electron chi connectivity index (χ0n) is 18.5. The van der Waals surface area contributed by atoms with Crippen LogP contribution in [0.2, 0.25) is 0 Å². The van der Waals surface area contributed by atoms with E-state index in [2.05, 4.69) is 15.4 Å². The molecule has 8 nitrogen and oxygen atoms in total. The summed E-state index contributed by atoms with van der Waals surface area (Å²) < 4.78 is 14.6. The first-order valence-electron chi connectivity index (χ1n) is 10.7. The fourth-order valence-corrected chi connectivity index (χ4v) is 3.59. The predicted molar refractivity (Wildman–Crippen MR) is 124 cm³/mol. The molecule has 4 aromatic rings. The van der Waals surface area contributed by atoms with Crippen LogP contribution in [0.3, 0.4) is 0 Å². The fraction of sp³-hybridized carbons (Fsp3) is 0.292. The molecule has 166 valence electrons. The van der Waals surface area contributed by atoms with E-state index in [4.69, 9.17) is 9.47 Å². The first-order valence-corrected chi connectivity index (χ1v) is 10.7. The van der Waals surface area contributed by atoms with Gasteiger partial charge in [0.05, 0.1) is 18.1 Å². The van der Waals surface area contributed by atoms with Crippen molar-refractivity contribution in [1.82, 2.24) is 19.3 Å². The highest BCUT2D eigenvalue weighted by atomic mass is 16.5. The van der Waals surface area contributed by atoms with Gasteiger partial charge in [-0.05, 0) is 56.2 Å². The van der Waals surface area contributed by atoms with E-state index >= 15 is 0 Å². The Labute approximate surface area is 186 Å². The Kier molecular flexibility index (Phi) is 6.51. The van der Waals surface area contributed by atoms with Gasteiger partial charge in [0.15, 0.2) is 5.69 Å². The molecule has 4 rings (SSSR count). The molecule has 0 fully saturated rings. The Morgan fingerprint density at radius 1 is 1.16 bits per heavy atom. The number of nitrogens with zero attached hydrogens (tertiary/aromatic N) is 4. The minimum Gasteiger partial charge on any atom is -0.494 e. The molecule has 8 heteroatoms. The van der Waals surface area contributed by atoms with Crippen LogP contribution in [0.25, 0.3) is 16.7 Å². The number of anilines is 1. The third-order valence-corrected chi connectivity index (χ3v) is 5.16. The van der Waals surface area contributed by atoms with E-state index in [1.165, 1.54) is 0 Å². The molecule has 0 saturated heterocycles.